The van der Waals surface area contributed by atoms with Crippen LogP contribution in [0.5, 0.6) is 0 Å². The lowest BCUT2D eigenvalue weighted by atomic mass is 9.89. The smallest absolute Gasteiger partial charge is 0.0942 e. The van der Waals surface area contributed by atoms with Gasteiger partial charge in [0.2, 0.25) is 0 Å². The van der Waals surface area contributed by atoms with Crippen molar-refractivity contribution in [3.05, 3.63) is 4.91 Å². The minimum atomic E-state index is 0.0150. The third-order valence-electron chi connectivity index (χ3n) is 2.96. The predicted molar refractivity (Wildman–Crippen MR) is 57.7 cm³/mol. The Labute approximate surface area is 82.1 Å². The van der Waals surface area contributed by atoms with E-state index < -0.39 is 0 Å². The molecule has 0 aliphatic heterocycles. The number of nitroso groups, excluding NO2 is 1. The fraction of sp³-hybridized carbons (Fsp3) is 1.00. The molecule has 0 rings (SSSR count). The molecule has 0 N–H and O–H groups in total. The molecule has 0 aromatic heterocycles. The van der Waals surface area contributed by atoms with Gasteiger partial charge in [-0.05, 0) is 30.6 Å². The van der Waals surface area contributed by atoms with Gasteiger partial charge in [0.15, 0.2) is 0 Å². The Hall–Kier alpha value is -0.400. The lowest BCUT2D eigenvalue weighted by Gasteiger charge is -2.18. The molecule has 0 fully saturated rings. The quantitative estimate of drug-likeness (QED) is 0.578. The first-order chi connectivity index (χ1) is 5.99. The van der Waals surface area contributed by atoms with E-state index in [0.29, 0.717) is 17.8 Å². The van der Waals surface area contributed by atoms with E-state index in [-0.39, 0.29) is 6.04 Å². The Bertz CT molecular complexity index is 143. The van der Waals surface area contributed by atoms with E-state index in [4.69, 9.17) is 0 Å². The molecular formula is C11H23NO. The first kappa shape index (κ1) is 12.6. The van der Waals surface area contributed by atoms with Crippen LogP contribution < -0.4 is 0 Å². The molecule has 2 nitrogen and oxygen atoms in total. The van der Waals surface area contributed by atoms with Crippen molar-refractivity contribution in [3.63, 3.8) is 0 Å². The van der Waals surface area contributed by atoms with Crippen molar-refractivity contribution < 1.29 is 0 Å². The van der Waals surface area contributed by atoms with E-state index in [2.05, 4.69) is 39.8 Å². The molecule has 0 amide bonds. The van der Waals surface area contributed by atoms with Crippen molar-refractivity contribution in [2.75, 3.05) is 0 Å². The molecule has 0 aliphatic carbocycles. The number of rotatable bonds is 6. The Kier molecular flexibility index (Phi) is 5.93. The Morgan fingerprint density at radius 2 is 1.46 bits per heavy atom. The van der Waals surface area contributed by atoms with Crippen LogP contribution in [0, 0.1) is 22.7 Å². The van der Waals surface area contributed by atoms with Crippen molar-refractivity contribution in [1.29, 1.82) is 0 Å². The highest BCUT2D eigenvalue weighted by atomic mass is 16.3. The summed E-state index contributed by atoms with van der Waals surface area (Å²) in [4.78, 5) is 10.5. The highest BCUT2D eigenvalue weighted by Crippen LogP contribution is 2.20. The van der Waals surface area contributed by atoms with Gasteiger partial charge < -0.3 is 0 Å². The molecule has 0 saturated heterocycles. The first-order valence-electron chi connectivity index (χ1n) is 5.31. The van der Waals surface area contributed by atoms with Crippen LogP contribution in [0.3, 0.4) is 0 Å². The van der Waals surface area contributed by atoms with Crippen LogP contribution in [0.15, 0.2) is 5.18 Å². The fourth-order valence-electron chi connectivity index (χ4n) is 1.27. The minimum absolute atomic E-state index is 0.0150. The molecule has 78 valence electrons. The summed E-state index contributed by atoms with van der Waals surface area (Å²) >= 11 is 0. The Morgan fingerprint density at radius 1 is 0.923 bits per heavy atom. The maximum absolute atomic E-state index is 10.5. The van der Waals surface area contributed by atoms with Gasteiger partial charge >= 0.3 is 0 Å². The zero-order valence-corrected chi connectivity index (χ0v) is 9.58. The van der Waals surface area contributed by atoms with Gasteiger partial charge in [0.1, 0.15) is 0 Å². The monoisotopic (exact) mass is 185 g/mol. The number of hydrogen-bond acceptors (Lipinski definition) is 2. The van der Waals surface area contributed by atoms with Gasteiger partial charge in [0.05, 0.1) is 6.04 Å². The van der Waals surface area contributed by atoms with Gasteiger partial charge in [-0.2, -0.15) is 4.91 Å². The zero-order valence-electron chi connectivity index (χ0n) is 9.58. The first-order valence-corrected chi connectivity index (χ1v) is 5.31. The van der Waals surface area contributed by atoms with Gasteiger partial charge in [0, 0.05) is 0 Å². The molecule has 0 radical (unpaired) electrons. The van der Waals surface area contributed by atoms with Crippen LogP contribution in [0.4, 0.5) is 0 Å². The van der Waals surface area contributed by atoms with Crippen LogP contribution in [0.1, 0.15) is 47.5 Å². The van der Waals surface area contributed by atoms with E-state index in [0.717, 1.165) is 12.8 Å². The third kappa shape index (κ3) is 5.02. The van der Waals surface area contributed by atoms with Crippen LogP contribution in [-0.2, 0) is 0 Å². The molecule has 0 aliphatic rings. The van der Waals surface area contributed by atoms with E-state index >= 15 is 0 Å². The second-order valence-corrected chi connectivity index (χ2v) is 4.72. The maximum atomic E-state index is 10.5. The molecule has 0 heterocycles. The molecular weight excluding hydrogens is 162 g/mol. The van der Waals surface area contributed by atoms with E-state index in [1.165, 1.54) is 0 Å². The lowest BCUT2D eigenvalue weighted by Crippen LogP contribution is -2.15. The molecule has 0 saturated carbocycles. The molecule has 0 bridgehead atoms. The highest BCUT2D eigenvalue weighted by Gasteiger charge is 2.16. The zero-order chi connectivity index (χ0) is 10.4. The van der Waals surface area contributed by atoms with Crippen LogP contribution in [0.2, 0.25) is 0 Å². The van der Waals surface area contributed by atoms with Crippen molar-refractivity contribution in [2.45, 2.75) is 53.5 Å². The summed E-state index contributed by atoms with van der Waals surface area (Å²) in [6, 6.07) is 0.0150. The van der Waals surface area contributed by atoms with E-state index in [1.807, 2.05) is 0 Å². The summed E-state index contributed by atoms with van der Waals surface area (Å²) < 4.78 is 0. The van der Waals surface area contributed by atoms with Crippen LogP contribution in [0.25, 0.3) is 0 Å². The average molecular weight is 185 g/mol. The largest absolute Gasteiger partial charge is 0.151 e. The SMILES string of the molecule is CC(C)C(C)CCC(N=O)C(C)C. The maximum Gasteiger partial charge on any atom is 0.0942 e. The Balaban J connectivity index is 3.78. The van der Waals surface area contributed by atoms with Gasteiger partial charge in [-0.25, -0.2) is 0 Å². The predicted octanol–water partition coefficient (Wildman–Crippen LogP) is 3.85. The summed E-state index contributed by atoms with van der Waals surface area (Å²) in [6.07, 6.45) is 2.06. The van der Waals surface area contributed by atoms with Crippen LogP contribution in [-0.4, -0.2) is 6.04 Å². The molecule has 2 atom stereocenters. The molecule has 13 heavy (non-hydrogen) atoms. The topological polar surface area (TPSA) is 29.4 Å². The minimum Gasteiger partial charge on any atom is -0.151 e. The lowest BCUT2D eigenvalue weighted by molar-refractivity contribution is 0.344. The van der Waals surface area contributed by atoms with Crippen molar-refractivity contribution >= 4 is 0 Å². The van der Waals surface area contributed by atoms with Gasteiger partial charge in [-0.3, -0.25) is 0 Å². The van der Waals surface area contributed by atoms with Gasteiger partial charge in [-0.15, -0.1) is 0 Å². The normalized spacial score (nSPS) is 16.2. The summed E-state index contributed by atoms with van der Waals surface area (Å²) in [5.74, 6) is 1.79. The Morgan fingerprint density at radius 3 is 1.77 bits per heavy atom. The van der Waals surface area contributed by atoms with E-state index in [9.17, 15) is 4.91 Å². The molecule has 0 aromatic carbocycles. The summed E-state index contributed by atoms with van der Waals surface area (Å²) in [5, 5.41) is 3.17. The van der Waals surface area contributed by atoms with Crippen LogP contribution >= 0.6 is 0 Å². The van der Waals surface area contributed by atoms with Crippen molar-refractivity contribution in [1.82, 2.24) is 0 Å². The average Bonchev–Trinajstić information content (AvgIpc) is 2.04. The second kappa shape index (κ2) is 6.11. The standard InChI is InChI=1S/C11H23NO/c1-8(2)10(5)6-7-11(12-13)9(3)4/h8-11H,6-7H2,1-5H3. The molecule has 0 aromatic rings. The van der Waals surface area contributed by atoms with Crippen molar-refractivity contribution in [3.8, 4) is 0 Å². The summed E-state index contributed by atoms with van der Waals surface area (Å²) in [5.41, 5.74) is 0. The molecule has 0 spiro atoms. The third-order valence-corrected chi connectivity index (χ3v) is 2.96. The molecule has 2 unspecified atom stereocenters. The fourth-order valence-corrected chi connectivity index (χ4v) is 1.27. The molecule has 2 heteroatoms. The highest BCUT2D eigenvalue weighted by molar-refractivity contribution is 4.71. The summed E-state index contributed by atoms with van der Waals surface area (Å²) in [7, 11) is 0. The van der Waals surface area contributed by atoms with Crippen molar-refractivity contribution in [2.24, 2.45) is 22.9 Å². The number of nitrogens with zero attached hydrogens (tertiary/aromatic N) is 1. The van der Waals surface area contributed by atoms with Gasteiger partial charge in [-0.1, -0.05) is 39.8 Å². The number of hydrogen-bond donors (Lipinski definition) is 0. The van der Waals surface area contributed by atoms with Gasteiger partial charge in [0.25, 0.3) is 0 Å². The second-order valence-electron chi connectivity index (χ2n) is 4.72. The summed E-state index contributed by atoms with van der Waals surface area (Å²) in [6.45, 7) is 10.8. The van der Waals surface area contributed by atoms with E-state index in [1.54, 1.807) is 0 Å².